The summed E-state index contributed by atoms with van der Waals surface area (Å²) in [4.78, 5) is 33.2. The maximum Gasteiger partial charge on any atom is 0.303 e. The number of hydrogen-bond donors (Lipinski definition) is 1. The molecule has 1 unspecified atom stereocenters. The van der Waals surface area contributed by atoms with Gasteiger partial charge in [-0.1, -0.05) is 26.2 Å². The van der Waals surface area contributed by atoms with E-state index in [1.807, 2.05) is 0 Å². The molecule has 1 N–H and O–H groups in total. The van der Waals surface area contributed by atoms with Crippen LogP contribution in [0.1, 0.15) is 58.8 Å². The van der Waals surface area contributed by atoms with Crippen molar-refractivity contribution in [3.8, 4) is 0 Å². The molecular formula is C13H22O4. The summed E-state index contributed by atoms with van der Waals surface area (Å²) in [5, 5.41) is 8.52. The van der Waals surface area contributed by atoms with Gasteiger partial charge in [0.15, 0.2) is 0 Å². The molecule has 0 aromatic carbocycles. The van der Waals surface area contributed by atoms with Crippen LogP contribution in [0.2, 0.25) is 0 Å². The normalized spacial score (nSPS) is 12.1. The highest BCUT2D eigenvalue weighted by Gasteiger charge is 2.20. The molecule has 0 aromatic rings. The van der Waals surface area contributed by atoms with E-state index in [0.717, 1.165) is 19.3 Å². The molecule has 0 aliphatic heterocycles. The minimum absolute atomic E-state index is 0.00447. The Morgan fingerprint density at radius 2 is 1.76 bits per heavy atom. The van der Waals surface area contributed by atoms with Crippen molar-refractivity contribution in [2.24, 2.45) is 5.92 Å². The fourth-order valence-electron chi connectivity index (χ4n) is 1.80. The van der Waals surface area contributed by atoms with Gasteiger partial charge < -0.3 is 9.90 Å². The van der Waals surface area contributed by atoms with E-state index in [-0.39, 0.29) is 36.7 Å². The maximum atomic E-state index is 11.8. The van der Waals surface area contributed by atoms with E-state index in [1.165, 1.54) is 6.92 Å². The number of ketones is 2. The van der Waals surface area contributed by atoms with E-state index in [4.69, 9.17) is 5.11 Å². The van der Waals surface area contributed by atoms with Crippen molar-refractivity contribution in [2.45, 2.75) is 58.8 Å². The molecule has 0 aromatic heterocycles. The molecule has 0 saturated carbocycles. The quantitative estimate of drug-likeness (QED) is 0.598. The van der Waals surface area contributed by atoms with Crippen LogP contribution in [0.5, 0.6) is 0 Å². The van der Waals surface area contributed by atoms with Crippen molar-refractivity contribution in [1.29, 1.82) is 0 Å². The Bertz CT molecular complexity index is 271. The SMILES string of the molecule is CCCCCC(CC(C)=O)C(=O)CCC(=O)O. The highest BCUT2D eigenvalue weighted by Crippen LogP contribution is 2.17. The Labute approximate surface area is 102 Å². The molecule has 0 fully saturated rings. The first-order chi connectivity index (χ1) is 7.97. The van der Waals surface area contributed by atoms with Crippen LogP contribution in [-0.4, -0.2) is 22.6 Å². The van der Waals surface area contributed by atoms with Gasteiger partial charge >= 0.3 is 5.97 Å². The average molecular weight is 242 g/mol. The number of unbranched alkanes of at least 4 members (excludes halogenated alkanes) is 2. The number of aliphatic carboxylic acids is 1. The lowest BCUT2D eigenvalue weighted by Gasteiger charge is -2.13. The predicted molar refractivity (Wildman–Crippen MR) is 64.8 cm³/mol. The van der Waals surface area contributed by atoms with Gasteiger partial charge in [-0.15, -0.1) is 0 Å². The molecule has 0 rings (SSSR count). The lowest BCUT2D eigenvalue weighted by atomic mass is 9.90. The van der Waals surface area contributed by atoms with Crippen LogP contribution in [0.15, 0.2) is 0 Å². The molecule has 17 heavy (non-hydrogen) atoms. The first kappa shape index (κ1) is 15.8. The predicted octanol–water partition coefficient (Wildman–Crippen LogP) is 2.60. The zero-order chi connectivity index (χ0) is 13.3. The Balaban J connectivity index is 4.18. The summed E-state index contributed by atoms with van der Waals surface area (Å²) in [7, 11) is 0. The van der Waals surface area contributed by atoms with Crippen molar-refractivity contribution in [3.05, 3.63) is 0 Å². The van der Waals surface area contributed by atoms with E-state index >= 15 is 0 Å². The molecular weight excluding hydrogens is 220 g/mol. The molecule has 98 valence electrons. The van der Waals surface area contributed by atoms with E-state index in [0.29, 0.717) is 6.42 Å². The second-order valence-corrected chi connectivity index (χ2v) is 4.46. The second kappa shape index (κ2) is 8.90. The molecule has 0 saturated heterocycles. The fraction of sp³-hybridized carbons (Fsp3) is 0.769. The molecule has 0 bridgehead atoms. The van der Waals surface area contributed by atoms with Crippen molar-refractivity contribution < 1.29 is 19.5 Å². The number of carbonyl (C=O) groups is 3. The van der Waals surface area contributed by atoms with E-state index in [2.05, 4.69) is 6.92 Å². The molecule has 0 heterocycles. The number of rotatable bonds is 10. The zero-order valence-corrected chi connectivity index (χ0v) is 10.7. The van der Waals surface area contributed by atoms with Gasteiger partial charge in [0, 0.05) is 18.8 Å². The lowest BCUT2D eigenvalue weighted by Crippen LogP contribution is -2.18. The van der Waals surface area contributed by atoms with Gasteiger partial charge in [0.05, 0.1) is 6.42 Å². The van der Waals surface area contributed by atoms with Crippen molar-refractivity contribution >= 4 is 17.5 Å². The van der Waals surface area contributed by atoms with Gasteiger partial charge in [0.2, 0.25) is 0 Å². The second-order valence-electron chi connectivity index (χ2n) is 4.46. The lowest BCUT2D eigenvalue weighted by molar-refractivity contribution is -0.139. The van der Waals surface area contributed by atoms with Crippen LogP contribution >= 0.6 is 0 Å². The van der Waals surface area contributed by atoms with Crippen LogP contribution in [0, 0.1) is 5.92 Å². The Morgan fingerprint density at radius 3 is 2.24 bits per heavy atom. The van der Waals surface area contributed by atoms with E-state index in [1.54, 1.807) is 0 Å². The molecule has 4 heteroatoms. The molecule has 0 aliphatic rings. The highest BCUT2D eigenvalue weighted by molar-refractivity contribution is 5.88. The molecule has 4 nitrogen and oxygen atoms in total. The van der Waals surface area contributed by atoms with Crippen LogP contribution < -0.4 is 0 Å². The van der Waals surface area contributed by atoms with Gasteiger partial charge in [-0.05, 0) is 13.3 Å². The van der Waals surface area contributed by atoms with Crippen LogP contribution in [0.4, 0.5) is 0 Å². The Morgan fingerprint density at radius 1 is 1.12 bits per heavy atom. The molecule has 0 aliphatic carbocycles. The summed E-state index contributed by atoms with van der Waals surface area (Å²) in [5.74, 6) is -1.33. The van der Waals surface area contributed by atoms with E-state index < -0.39 is 5.97 Å². The van der Waals surface area contributed by atoms with Crippen molar-refractivity contribution in [1.82, 2.24) is 0 Å². The Hall–Kier alpha value is -1.19. The minimum atomic E-state index is -0.964. The monoisotopic (exact) mass is 242 g/mol. The third-order valence-electron chi connectivity index (χ3n) is 2.73. The number of Topliss-reactive ketones (excluding diaryl/α,β-unsaturated/α-hetero) is 2. The first-order valence-electron chi connectivity index (χ1n) is 6.21. The third-order valence-corrected chi connectivity index (χ3v) is 2.73. The van der Waals surface area contributed by atoms with Crippen molar-refractivity contribution in [2.75, 3.05) is 0 Å². The third kappa shape index (κ3) is 8.60. The van der Waals surface area contributed by atoms with Gasteiger partial charge in [-0.25, -0.2) is 0 Å². The van der Waals surface area contributed by atoms with Gasteiger partial charge in [0.25, 0.3) is 0 Å². The summed E-state index contributed by atoms with van der Waals surface area (Å²) in [6, 6.07) is 0. The zero-order valence-electron chi connectivity index (χ0n) is 10.7. The highest BCUT2D eigenvalue weighted by atomic mass is 16.4. The summed E-state index contributed by atoms with van der Waals surface area (Å²) in [5.41, 5.74) is 0. The average Bonchev–Trinajstić information content (AvgIpc) is 2.24. The first-order valence-corrected chi connectivity index (χ1v) is 6.21. The summed E-state index contributed by atoms with van der Waals surface area (Å²) in [6.07, 6.45) is 3.89. The number of hydrogen-bond acceptors (Lipinski definition) is 3. The molecule has 0 radical (unpaired) electrons. The summed E-state index contributed by atoms with van der Waals surface area (Å²) < 4.78 is 0. The minimum Gasteiger partial charge on any atom is -0.481 e. The molecule has 1 atom stereocenters. The Kier molecular flexibility index (Phi) is 8.28. The van der Waals surface area contributed by atoms with Crippen LogP contribution in [0.3, 0.4) is 0 Å². The smallest absolute Gasteiger partial charge is 0.303 e. The standard InChI is InChI=1S/C13H22O4/c1-3-4-5-6-11(9-10(2)14)12(15)7-8-13(16)17/h11H,3-9H2,1-2H3,(H,16,17). The van der Waals surface area contributed by atoms with E-state index in [9.17, 15) is 14.4 Å². The fourth-order valence-corrected chi connectivity index (χ4v) is 1.80. The summed E-state index contributed by atoms with van der Waals surface area (Å²) in [6.45, 7) is 3.55. The summed E-state index contributed by atoms with van der Waals surface area (Å²) >= 11 is 0. The largest absolute Gasteiger partial charge is 0.481 e. The van der Waals surface area contributed by atoms with Gasteiger partial charge in [0.1, 0.15) is 11.6 Å². The van der Waals surface area contributed by atoms with Gasteiger partial charge in [-0.2, -0.15) is 0 Å². The van der Waals surface area contributed by atoms with Crippen LogP contribution in [0.25, 0.3) is 0 Å². The molecule has 0 amide bonds. The van der Waals surface area contributed by atoms with Crippen LogP contribution in [-0.2, 0) is 14.4 Å². The molecule has 0 spiro atoms. The number of carboxylic acid groups (broad SMARTS) is 1. The number of carbonyl (C=O) groups excluding carboxylic acids is 2. The topological polar surface area (TPSA) is 71.4 Å². The van der Waals surface area contributed by atoms with Crippen molar-refractivity contribution in [3.63, 3.8) is 0 Å². The van der Waals surface area contributed by atoms with Gasteiger partial charge in [-0.3, -0.25) is 9.59 Å². The maximum absolute atomic E-state index is 11.8. The number of carboxylic acids is 1.